The average Bonchev–Trinajstić information content (AvgIpc) is 2.47. The normalized spacial score (nSPS) is 13.8. The summed E-state index contributed by atoms with van der Waals surface area (Å²) in [6, 6.07) is 15.9. The van der Waals surface area contributed by atoms with Gasteiger partial charge >= 0.3 is 0 Å². The first kappa shape index (κ1) is 15.5. The summed E-state index contributed by atoms with van der Waals surface area (Å²) >= 11 is 0. The van der Waals surface area contributed by atoms with Crippen LogP contribution < -0.4 is 10.6 Å². The Morgan fingerprint density at radius 1 is 1.10 bits per heavy atom. The highest BCUT2D eigenvalue weighted by molar-refractivity contribution is 5.54. The van der Waals surface area contributed by atoms with Crippen LogP contribution in [-0.2, 0) is 5.60 Å². The fourth-order valence-corrected chi connectivity index (χ4v) is 2.73. The fraction of sp³-hybridized carbons (Fsp3) is 0.333. The molecule has 2 aromatic rings. The monoisotopic (exact) mass is 284 g/mol. The predicted octanol–water partition coefficient (Wildman–Crippen LogP) is 2.59. The third-order valence-corrected chi connectivity index (χ3v) is 3.91. The van der Waals surface area contributed by atoms with Crippen LogP contribution in [0.1, 0.15) is 16.7 Å². The summed E-state index contributed by atoms with van der Waals surface area (Å²) in [4.78, 5) is 2.06. The van der Waals surface area contributed by atoms with Crippen molar-refractivity contribution >= 4 is 5.69 Å². The molecule has 3 heteroatoms. The van der Waals surface area contributed by atoms with Crippen molar-refractivity contribution in [3.63, 3.8) is 0 Å². The molecule has 0 spiro atoms. The van der Waals surface area contributed by atoms with Gasteiger partial charge in [0, 0.05) is 19.3 Å². The lowest BCUT2D eigenvalue weighted by Gasteiger charge is -2.33. The molecule has 0 heterocycles. The zero-order valence-electron chi connectivity index (χ0n) is 13.0. The second-order valence-electron chi connectivity index (χ2n) is 5.75. The Morgan fingerprint density at radius 3 is 2.33 bits per heavy atom. The van der Waals surface area contributed by atoms with E-state index in [0.29, 0.717) is 6.54 Å². The number of nitrogens with two attached hydrogens (primary N) is 1. The van der Waals surface area contributed by atoms with E-state index < -0.39 is 5.60 Å². The number of rotatable bonds is 5. The van der Waals surface area contributed by atoms with Crippen LogP contribution in [0.4, 0.5) is 5.69 Å². The van der Waals surface area contributed by atoms with Crippen LogP contribution in [0.25, 0.3) is 0 Å². The molecule has 1 atom stereocenters. The van der Waals surface area contributed by atoms with E-state index >= 15 is 0 Å². The SMILES string of the molecule is Cc1ccc(N(C)CC(O)(CN)c2ccccc2)c(C)c1. The zero-order chi connectivity index (χ0) is 15.5. The van der Waals surface area contributed by atoms with Crippen molar-refractivity contribution in [3.05, 3.63) is 65.2 Å². The number of anilines is 1. The minimum atomic E-state index is -1.05. The van der Waals surface area contributed by atoms with Gasteiger partial charge in [-0.15, -0.1) is 0 Å². The zero-order valence-corrected chi connectivity index (χ0v) is 13.0. The summed E-state index contributed by atoms with van der Waals surface area (Å²) in [5, 5.41) is 10.9. The molecule has 0 amide bonds. The summed E-state index contributed by atoms with van der Waals surface area (Å²) in [7, 11) is 1.99. The Labute approximate surface area is 127 Å². The molecule has 0 radical (unpaired) electrons. The molecule has 0 saturated carbocycles. The molecular formula is C18H24N2O. The van der Waals surface area contributed by atoms with Crippen LogP contribution in [0.3, 0.4) is 0 Å². The Balaban J connectivity index is 2.26. The van der Waals surface area contributed by atoms with E-state index in [4.69, 9.17) is 5.73 Å². The molecule has 0 bridgehead atoms. The molecule has 112 valence electrons. The minimum absolute atomic E-state index is 0.187. The maximum atomic E-state index is 10.9. The van der Waals surface area contributed by atoms with Gasteiger partial charge in [0.15, 0.2) is 0 Å². The van der Waals surface area contributed by atoms with Gasteiger partial charge in [-0.25, -0.2) is 0 Å². The van der Waals surface area contributed by atoms with Gasteiger partial charge in [-0.05, 0) is 31.0 Å². The summed E-state index contributed by atoms with van der Waals surface area (Å²) in [5.74, 6) is 0. The molecule has 3 N–H and O–H groups in total. The lowest BCUT2D eigenvalue weighted by Crippen LogP contribution is -2.45. The third-order valence-electron chi connectivity index (χ3n) is 3.91. The summed E-state index contributed by atoms with van der Waals surface area (Å²) in [6.07, 6.45) is 0. The maximum absolute atomic E-state index is 10.9. The molecular weight excluding hydrogens is 260 g/mol. The smallest absolute Gasteiger partial charge is 0.119 e. The van der Waals surface area contributed by atoms with E-state index in [0.717, 1.165) is 11.3 Å². The van der Waals surface area contributed by atoms with E-state index in [1.54, 1.807) is 0 Å². The first-order valence-electron chi connectivity index (χ1n) is 7.22. The molecule has 0 aliphatic carbocycles. The van der Waals surface area contributed by atoms with E-state index in [1.807, 2.05) is 37.4 Å². The van der Waals surface area contributed by atoms with Crippen LogP contribution in [-0.4, -0.2) is 25.2 Å². The lowest BCUT2D eigenvalue weighted by atomic mass is 9.93. The van der Waals surface area contributed by atoms with Crippen molar-refractivity contribution < 1.29 is 5.11 Å². The highest BCUT2D eigenvalue weighted by Gasteiger charge is 2.29. The summed E-state index contributed by atoms with van der Waals surface area (Å²) in [5.41, 5.74) is 9.20. The quantitative estimate of drug-likeness (QED) is 0.887. The van der Waals surface area contributed by atoms with Gasteiger partial charge in [0.05, 0.1) is 6.54 Å². The maximum Gasteiger partial charge on any atom is 0.119 e. The van der Waals surface area contributed by atoms with Crippen LogP contribution >= 0.6 is 0 Å². The molecule has 0 saturated heterocycles. The fourth-order valence-electron chi connectivity index (χ4n) is 2.73. The second-order valence-corrected chi connectivity index (χ2v) is 5.75. The molecule has 3 nitrogen and oxygen atoms in total. The topological polar surface area (TPSA) is 49.5 Å². The van der Waals surface area contributed by atoms with E-state index in [9.17, 15) is 5.11 Å². The number of likely N-dealkylation sites (N-methyl/N-ethyl adjacent to an activating group) is 1. The molecule has 0 aliphatic rings. The first-order chi connectivity index (χ1) is 9.96. The highest BCUT2D eigenvalue weighted by atomic mass is 16.3. The average molecular weight is 284 g/mol. The van der Waals surface area contributed by atoms with Crippen LogP contribution in [0.5, 0.6) is 0 Å². The third kappa shape index (κ3) is 3.43. The Bertz CT molecular complexity index is 597. The van der Waals surface area contributed by atoms with Gasteiger partial charge in [-0.1, -0.05) is 48.0 Å². The Kier molecular flexibility index (Phi) is 4.66. The standard InChI is InChI=1S/C18H24N2O/c1-14-9-10-17(15(2)11-14)20(3)13-18(21,12-19)16-7-5-4-6-8-16/h4-11,21H,12-13,19H2,1-3H3. The van der Waals surface area contributed by atoms with Crippen LogP contribution in [0, 0.1) is 13.8 Å². The number of benzene rings is 2. The predicted molar refractivity (Wildman–Crippen MR) is 88.6 cm³/mol. The second kappa shape index (κ2) is 6.29. The summed E-state index contributed by atoms with van der Waals surface area (Å²) < 4.78 is 0. The van der Waals surface area contributed by atoms with E-state index in [1.165, 1.54) is 11.1 Å². The number of nitrogens with zero attached hydrogens (tertiary/aromatic N) is 1. The van der Waals surface area contributed by atoms with Crippen molar-refractivity contribution in [2.45, 2.75) is 19.4 Å². The van der Waals surface area contributed by atoms with Gasteiger partial charge in [0.2, 0.25) is 0 Å². The molecule has 2 aromatic carbocycles. The van der Waals surface area contributed by atoms with Crippen LogP contribution in [0.2, 0.25) is 0 Å². The molecule has 0 aromatic heterocycles. The summed E-state index contributed by atoms with van der Waals surface area (Å²) in [6.45, 7) is 4.81. The number of hydrogen-bond acceptors (Lipinski definition) is 3. The van der Waals surface area contributed by atoms with Crippen molar-refractivity contribution in [3.8, 4) is 0 Å². The van der Waals surface area contributed by atoms with Gasteiger partial charge in [-0.3, -0.25) is 0 Å². The minimum Gasteiger partial charge on any atom is -0.382 e. The molecule has 21 heavy (non-hydrogen) atoms. The van der Waals surface area contributed by atoms with E-state index in [-0.39, 0.29) is 6.54 Å². The van der Waals surface area contributed by atoms with E-state index in [2.05, 4.69) is 36.9 Å². The Hall–Kier alpha value is -1.84. The number of aliphatic hydroxyl groups is 1. The van der Waals surface area contributed by atoms with Gasteiger partial charge in [-0.2, -0.15) is 0 Å². The van der Waals surface area contributed by atoms with Gasteiger partial charge < -0.3 is 15.7 Å². The van der Waals surface area contributed by atoms with Crippen molar-refractivity contribution in [2.75, 3.05) is 25.0 Å². The molecule has 0 aliphatic heterocycles. The van der Waals surface area contributed by atoms with Gasteiger partial charge in [0.1, 0.15) is 5.60 Å². The number of hydrogen-bond donors (Lipinski definition) is 2. The first-order valence-corrected chi connectivity index (χ1v) is 7.22. The van der Waals surface area contributed by atoms with Crippen LogP contribution in [0.15, 0.2) is 48.5 Å². The lowest BCUT2D eigenvalue weighted by molar-refractivity contribution is 0.0543. The molecule has 0 fully saturated rings. The van der Waals surface area contributed by atoms with Gasteiger partial charge in [0.25, 0.3) is 0 Å². The van der Waals surface area contributed by atoms with Crippen molar-refractivity contribution in [1.29, 1.82) is 0 Å². The number of aryl methyl sites for hydroxylation is 2. The molecule has 1 unspecified atom stereocenters. The van der Waals surface area contributed by atoms with Crippen molar-refractivity contribution in [1.82, 2.24) is 0 Å². The van der Waals surface area contributed by atoms with Crippen molar-refractivity contribution in [2.24, 2.45) is 5.73 Å². The molecule has 2 rings (SSSR count). The highest BCUT2D eigenvalue weighted by Crippen LogP contribution is 2.26. The largest absolute Gasteiger partial charge is 0.382 e. The Morgan fingerprint density at radius 2 is 1.76 bits per heavy atom.